The van der Waals surface area contributed by atoms with Crippen LogP contribution in [-0.4, -0.2) is 30.2 Å². The van der Waals surface area contributed by atoms with Gasteiger partial charge in [0.05, 0.1) is 14.2 Å². The van der Waals surface area contributed by atoms with Gasteiger partial charge in [-0.2, -0.15) is 0 Å². The van der Waals surface area contributed by atoms with E-state index < -0.39 is 11.2 Å². The molecule has 0 aromatic heterocycles. The van der Waals surface area contributed by atoms with Crippen LogP contribution in [-0.2, 0) is 5.41 Å². The highest BCUT2D eigenvalue weighted by Gasteiger charge is 2.54. The van der Waals surface area contributed by atoms with Gasteiger partial charge in [-0.3, -0.25) is 0 Å². The second-order valence-corrected chi connectivity index (χ2v) is 9.21. The second kappa shape index (κ2) is 12.8. The highest BCUT2D eigenvalue weighted by molar-refractivity contribution is 5.61. The molecular formula is C31H40O4. The summed E-state index contributed by atoms with van der Waals surface area (Å²) in [4.78, 5) is 0. The quantitative estimate of drug-likeness (QED) is 0.152. The van der Waals surface area contributed by atoms with E-state index in [9.17, 15) is 10.2 Å². The first kappa shape index (κ1) is 26.8. The second-order valence-electron chi connectivity index (χ2n) is 9.21. The van der Waals surface area contributed by atoms with Crippen LogP contribution < -0.4 is 9.47 Å². The minimum atomic E-state index is -2.08. The summed E-state index contributed by atoms with van der Waals surface area (Å²) < 4.78 is 11.5. The maximum atomic E-state index is 12.1. The van der Waals surface area contributed by atoms with Crippen molar-refractivity contribution >= 4 is 0 Å². The first-order valence-electron chi connectivity index (χ1n) is 12.8. The van der Waals surface area contributed by atoms with Gasteiger partial charge in [-0.1, -0.05) is 118 Å². The van der Waals surface area contributed by atoms with E-state index in [4.69, 9.17) is 9.47 Å². The van der Waals surface area contributed by atoms with E-state index in [0.29, 0.717) is 23.5 Å². The van der Waals surface area contributed by atoms with Gasteiger partial charge in [0.25, 0.3) is 0 Å². The molecule has 3 rings (SSSR count). The zero-order valence-corrected chi connectivity index (χ0v) is 21.4. The largest absolute Gasteiger partial charge is 0.493 e. The van der Waals surface area contributed by atoms with E-state index in [0.717, 1.165) is 24.0 Å². The van der Waals surface area contributed by atoms with Crippen molar-refractivity contribution in [3.8, 4) is 11.5 Å². The van der Waals surface area contributed by atoms with Gasteiger partial charge in [0, 0.05) is 12.0 Å². The highest BCUT2D eigenvalue weighted by atomic mass is 16.5. The molecule has 3 aromatic carbocycles. The number of methoxy groups -OCH3 is 2. The van der Waals surface area contributed by atoms with Gasteiger partial charge in [-0.15, -0.1) is 0 Å². The van der Waals surface area contributed by atoms with Crippen LogP contribution in [0.4, 0.5) is 0 Å². The lowest BCUT2D eigenvalue weighted by molar-refractivity contribution is -0.199. The number of unbranched alkanes of at least 4 members (excludes halogenated alkanes) is 6. The molecule has 4 heteroatoms. The van der Waals surface area contributed by atoms with Gasteiger partial charge in [-0.05, 0) is 23.6 Å². The Morgan fingerprint density at radius 2 is 1.17 bits per heavy atom. The third kappa shape index (κ3) is 5.71. The average molecular weight is 477 g/mol. The summed E-state index contributed by atoms with van der Waals surface area (Å²) in [7, 11) is 3.19. The number of benzene rings is 3. The predicted octanol–water partition coefficient (Wildman–Crippen LogP) is 6.86. The van der Waals surface area contributed by atoms with Crippen LogP contribution in [0.5, 0.6) is 11.5 Å². The third-order valence-corrected chi connectivity index (χ3v) is 6.95. The van der Waals surface area contributed by atoms with Crippen molar-refractivity contribution < 1.29 is 19.7 Å². The Labute approximate surface area is 210 Å². The van der Waals surface area contributed by atoms with Gasteiger partial charge in [0.15, 0.2) is 17.3 Å². The molecule has 0 amide bonds. The summed E-state index contributed by atoms with van der Waals surface area (Å²) in [5.74, 6) is -1.04. The molecule has 0 spiro atoms. The zero-order chi connectivity index (χ0) is 25.2. The van der Waals surface area contributed by atoms with Crippen LogP contribution in [0.1, 0.15) is 75.0 Å². The molecular weight excluding hydrogens is 436 g/mol. The Morgan fingerprint density at radius 1 is 0.629 bits per heavy atom. The standard InChI is InChI=1S/C31H40O4/c1-4-5-6-7-8-9-16-24-30(32,33)31(25-18-12-10-13-19-25,26-20-14-11-15-21-26)27-22-17-23-28(34-2)29(27)35-3/h10-15,17-23,32-33H,4-9,16,24H2,1-3H3. The van der Waals surface area contributed by atoms with E-state index in [1.54, 1.807) is 14.2 Å². The predicted molar refractivity (Wildman–Crippen MR) is 142 cm³/mol. The Hall–Kier alpha value is -2.82. The lowest BCUT2D eigenvalue weighted by atomic mass is 9.62. The van der Waals surface area contributed by atoms with Gasteiger partial charge >= 0.3 is 0 Å². The summed E-state index contributed by atoms with van der Waals surface area (Å²) in [6.07, 6.45) is 7.89. The molecule has 0 saturated carbocycles. The van der Waals surface area contributed by atoms with Crippen molar-refractivity contribution in [3.05, 3.63) is 95.6 Å². The summed E-state index contributed by atoms with van der Waals surface area (Å²) in [6.45, 7) is 2.21. The Balaban J connectivity index is 2.15. The molecule has 0 atom stereocenters. The summed E-state index contributed by atoms with van der Waals surface area (Å²) in [5, 5.41) is 24.1. The fourth-order valence-electron chi connectivity index (χ4n) is 5.23. The number of hydrogen-bond donors (Lipinski definition) is 2. The van der Waals surface area contributed by atoms with Crippen LogP contribution in [0, 0.1) is 0 Å². The Bertz CT molecular complexity index is 975. The molecule has 0 aliphatic rings. The molecule has 4 nitrogen and oxygen atoms in total. The van der Waals surface area contributed by atoms with Crippen molar-refractivity contribution in [1.29, 1.82) is 0 Å². The summed E-state index contributed by atoms with van der Waals surface area (Å²) in [6, 6.07) is 25.1. The molecule has 35 heavy (non-hydrogen) atoms. The lowest BCUT2D eigenvalue weighted by Gasteiger charge is -2.46. The van der Waals surface area contributed by atoms with Crippen molar-refractivity contribution in [1.82, 2.24) is 0 Å². The molecule has 0 aliphatic heterocycles. The number of rotatable bonds is 14. The van der Waals surface area contributed by atoms with Crippen molar-refractivity contribution in [2.45, 2.75) is 69.5 Å². The van der Waals surface area contributed by atoms with Crippen LogP contribution >= 0.6 is 0 Å². The van der Waals surface area contributed by atoms with E-state index in [1.165, 1.54) is 25.7 Å². The van der Waals surface area contributed by atoms with Crippen molar-refractivity contribution in [2.24, 2.45) is 0 Å². The highest BCUT2D eigenvalue weighted by Crippen LogP contribution is 2.52. The average Bonchev–Trinajstić information content (AvgIpc) is 2.89. The van der Waals surface area contributed by atoms with Crippen LogP contribution in [0.25, 0.3) is 0 Å². The van der Waals surface area contributed by atoms with Gasteiger partial charge in [-0.25, -0.2) is 0 Å². The van der Waals surface area contributed by atoms with E-state index in [-0.39, 0.29) is 6.42 Å². The Morgan fingerprint density at radius 3 is 1.69 bits per heavy atom. The molecule has 0 unspecified atom stereocenters. The lowest BCUT2D eigenvalue weighted by Crippen LogP contribution is -2.53. The SMILES string of the molecule is CCCCCCCCCC(O)(O)C(c1ccccc1)(c1ccccc1)c1cccc(OC)c1OC. The number of hydrogen-bond acceptors (Lipinski definition) is 4. The summed E-state index contributed by atoms with van der Waals surface area (Å²) in [5.41, 5.74) is 0.929. The zero-order valence-electron chi connectivity index (χ0n) is 21.4. The van der Waals surface area contributed by atoms with Gasteiger partial charge < -0.3 is 19.7 Å². The van der Waals surface area contributed by atoms with Crippen LogP contribution in [0.2, 0.25) is 0 Å². The number of para-hydroxylation sites is 1. The van der Waals surface area contributed by atoms with Crippen molar-refractivity contribution in [2.75, 3.05) is 14.2 Å². The molecule has 0 fully saturated rings. The molecule has 3 aromatic rings. The third-order valence-electron chi connectivity index (χ3n) is 6.95. The Kier molecular flexibility index (Phi) is 9.76. The van der Waals surface area contributed by atoms with Gasteiger partial charge in [0.1, 0.15) is 5.41 Å². The molecule has 0 saturated heterocycles. The smallest absolute Gasteiger partial charge is 0.180 e. The fourth-order valence-corrected chi connectivity index (χ4v) is 5.23. The van der Waals surface area contributed by atoms with Crippen LogP contribution in [0.3, 0.4) is 0 Å². The molecule has 0 aliphatic carbocycles. The van der Waals surface area contributed by atoms with Crippen LogP contribution in [0.15, 0.2) is 78.9 Å². The first-order chi connectivity index (χ1) is 17.0. The molecule has 188 valence electrons. The molecule has 0 bridgehead atoms. The minimum Gasteiger partial charge on any atom is -0.493 e. The minimum absolute atomic E-state index is 0.227. The number of aliphatic hydroxyl groups is 2. The fraction of sp³-hybridized carbons (Fsp3) is 0.419. The first-order valence-corrected chi connectivity index (χ1v) is 12.8. The van der Waals surface area contributed by atoms with E-state index in [2.05, 4.69) is 6.92 Å². The molecule has 2 N–H and O–H groups in total. The monoisotopic (exact) mass is 476 g/mol. The van der Waals surface area contributed by atoms with Crippen molar-refractivity contribution in [3.63, 3.8) is 0 Å². The van der Waals surface area contributed by atoms with E-state index in [1.807, 2.05) is 78.9 Å². The number of ether oxygens (including phenoxy) is 2. The maximum absolute atomic E-state index is 12.1. The van der Waals surface area contributed by atoms with E-state index >= 15 is 0 Å². The summed E-state index contributed by atoms with van der Waals surface area (Å²) >= 11 is 0. The topological polar surface area (TPSA) is 58.9 Å². The molecule has 0 radical (unpaired) electrons. The van der Waals surface area contributed by atoms with Gasteiger partial charge in [0.2, 0.25) is 0 Å². The molecule has 0 heterocycles. The maximum Gasteiger partial charge on any atom is 0.180 e. The normalized spacial score (nSPS) is 11.9.